The highest BCUT2D eigenvalue weighted by molar-refractivity contribution is 7.93. The molecule has 0 aliphatic carbocycles. The van der Waals surface area contributed by atoms with E-state index in [4.69, 9.17) is 4.74 Å². The van der Waals surface area contributed by atoms with Crippen LogP contribution in [0.15, 0.2) is 89.8 Å². The van der Waals surface area contributed by atoms with Crippen molar-refractivity contribution in [2.75, 3.05) is 23.8 Å². The minimum absolute atomic E-state index is 0.105. The summed E-state index contributed by atoms with van der Waals surface area (Å²) in [6.07, 6.45) is 0. The van der Waals surface area contributed by atoms with E-state index in [9.17, 15) is 13.2 Å². The van der Waals surface area contributed by atoms with Crippen LogP contribution in [0.2, 0.25) is 0 Å². The highest BCUT2D eigenvalue weighted by atomic mass is 32.2. The van der Waals surface area contributed by atoms with E-state index in [1.54, 1.807) is 36.4 Å². The van der Waals surface area contributed by atoms with Gasteiger partial charge in [0.2, 0.25) is 0 Å². The molecule has 0 aliphatic rings. The number of hydrogen-bond acceptors (Lipinski definition) is 5. The van der Waals surface area contributed by atoms with E-state index >= 15 is 0 Å². The second kappa shape index (κ2) is 9.29. The van der Waals surface area contributed by atoms with Gasteiger partial charge in [-0.1, -0.05) is 42.5 Å². The fraction of sp³-hybridized carbons (Fsp3) is 0.107. The fourth-order valence-corrected chi connectivity index (χ4v) is 6.49. The minimum Gasteiger partial charge on any atom is -0.495 e. The molecule has 0 bridgehead atoms. The van der Waals surface area contributed by atoms with Crippen LogP contribution < -0.4 is 14.4 Å². The summed E-state index contributed by atoms with van der Waals surface area (Å²) >= 11 is 1.36. The number of carbonyl (C=O) groups excluding carboxylic acids is 1. The van der Waals surface area contributed by atoms with Crippen molar-refractivity contribution in [2.45, 2.75) is 11.8 Å². The maximum atomic E-state index is 13.4. The third-order valence-electron chi connectivity index (χ3n) is 6.08. The Morgan fingerprint density at radius 1 is 0.917 bits per heavy atom. The Balaban J connectivity index is 1.45. The molecule has 5 rings (SSSR count). The third-order valence-corrected chi connectivity index (χ3v) is 9.00. The minimum atomic E-state index is -3.86. The van der Waals surface area contributed by atoms with Crippen LogP contribution in [0.4, 0.5) is 11.4 Å². The van der Waals surface area contributed by atoms with Crippen LogP contribution in [0.25, 0.3) is 20.9 Å². The van der Waals surface area contributed by atoms with Gasteiger partial charge in [-0.2, -0.15) is 0 Å². The number of amides is 1. The smallest absolute Gasteiger partial charge is 0.267 e. The molecule has 1 N–H and O–H groups in total. The first-order chi connectivity index (χ1) is 17.3. The Hall–Kier alpha value is -3.88. The molecule has 6 nitrogen and oxygen atoms in total. The van der Waals surface area contributed by atoms with E-state index in [0.29, 0.717) is 10.6 Å². The second-order valence-electron chi connectivity index (χ2n) is 8.44. The van der Waals surface area contributed by atoms with Crippen molar-refractivity contribution < 1.29 is 17.9 Å². The van der Waals surface area contributed by atoms with Gasteiger partial charge in [-0.3, -0.25) is 9.10 Å². The van der Waals surface area contributed by atoms with Crippen molar-refractivity contribution in [2.24, 2.45) is 0 Å². The van der Waals surface area contributed by atoms with Crippen LogP contribution >= 0.6 is 11.3 Å². The molecule has 0 fully saturated rings. The Morgan fingerprint density at radius 3 is 2.50 bits per heavy atom. The Bertz CT molecular complexity index is 1720. The van der Waals surface area contributed by atoms with E-state index in [2.05, 4.69) is 5.32 Å². The number of anilines is 2. The molecular formula is C28H24N2O4S2. The number of methoxy groups -OCH3 is 1. The molecule has 0 unspecified atom stereocenters. The predicted octanol–water partition coefficient (Wildman–Crippen LogP) is 6.45. The van der Waals surface area contributed by atoms with Crippen molar-refractivity contribution in [3.05, 3.63) is 95.4 Å². The number of nitrogens with one attached hydrogen (secondary N) is 1. The van der Waals surface area contributed by atoms with E-state index in [1.165, 1.54) is 29.8 Å². The molecule has 36 heavy (non-hydrogen) atoms. The quantitative estimate of drug-likeness (QED) is 0.281. The molecule has 0 spiro atoms. The Morgan fingerprint density at radius 2 is 1.69 bits per heavy atom. The zero-order chi connectivity index (χ0) is 25.4. The molecule has 0 aliphatic heterocycles. The topological polar surface area (TPSA) is 75.7 Å². The highest BCUT2D eigenvalue weighted by Gasteiger charge is 2.26. The lowest BCUT2D eigenvalue weighted by molar-refractivity contribution is 0.103. The summed E-state index contributed by atoms with van der Waals surface area (Å²) in [7, 11) is -0.902. The summed E-state index contributed by atoms with van der Waals surface area (Å²) in [4.78, 5) is 13.7. The normalized spacial score (nSPS) is 11.5. The predicted molar refractivity (Wildman–Crippen MR) is 147 cm³/mol. The molecular weight excluding hydrogens is 492 g/mol. The van der Waals surface area contributed by atoms with Crippen LogP contribution in [-0.4, -0.2) is 28.5 Å². The number of rotatable bonds is 6. The molecule has 0 saturated carbocycles. The molecule has 1 heterocycles. The van der Waals surface area contributed by atoms with Crippen LogP contribution in [0.3, 0.4) is 0 Å². The van der Waals surface area contributed by atoms with Crippen molar-refractivity contribution in [1.29, 1.82) is 0 Å². The maximum Gasteiger partial charge on any atom is 0.267 e. The monoisotopic (exact) mass is 516 g/mol. The molecule has 182 valence electrons. The lowest BCUT2D eigenvalue weighted by Crippen LogP contribution is -2.27. The summed E-state index contributed by atoms with van der Waals surface area (Å²) in [5.41, 5.74) is 2.05. The average molecular weight is 517 g/mol. The molecule has 0 radical (unpaired) electrons. The van der Waals surface area contributed by atoms with Gasteiger partial charge in [-0.25, -0.2) is 8.42 Å². The summed E-state index contributed by atoms with van der Waals surface area (Å²) in [6, 6.07) is 25.9. The molecule has 5 aromatic rings. The second-order valence-corrected chi connectivity index (χ2v) is 11.5. The number of nitrogens with zero attached hydrogens (tertiary/aromatic N) is 1. The van der Waals surface area contributed by atoms with Gasteiger partial charge in [0.05, 0.1) is 17.7 Å². The number of ether oxygens (including phenoxy) is 1. The summed E-state index contributed by atoms with van der Waals surface area (Å²) in [5, 5.41) is 5.82. The Kier molecular flexibility index (Phi) is 6.15. The third kappa shape index (κ3) is 4.29. The molecule has 4 aromatic carbocycles. The van der Waals surface area contributed by atoms with E-state index in [-0.39, 0.29) is 16.6 Å². The van der Waals surface area contributed by atoms with Gasteiger partial charge in [-0.15, -0.1) is 11.3 Å². The number of fused-ring (bicyclic) bond motifs is 2. The molecule has 0 saturated heterocycles. The van der Waals surface area contributed by atoms with Crippen molar-refractivity contribution in [3.8, 4) is 5.75 Å². The van der Waals surface area contributed by atoms with Crippen LogP contribution in [-0.2, 0) is 10.0 Å². The Labute approximate surface area is 213 Å². The van der Waals surface area contributed by atoms with E-state index < -0.39 is 10.0 Å². The van der Waals surface area contributed by atoms with Gasteiger partial charge >= 0.3 is 0 Å². The van der Waals surface area contributed by atoms with Crippen LogP contribution in [0, 0.1) is 6.92 Å². The van der Waals surface area contributed by atoms with Crippen molar-refractivity contribution in [3.63, 3.8) is 0 Å². The molecule has 8 heteroatoms. The van der Waals surface area contributed by atoms with Gasteiger partial charge in [0.25, 0.3) is 15.9 Å². The lowest BCUT2D eigenvalue weighted by Gasteiger charge is -2.21. The highest BCUT2D eigenvalue weighted by Crippen LogP contribution is 2.34. The summed E-state index contributed by atoms with van der Waals surface area (Å²) < 4.78 is 34.2. The maximum absolute atomic E-state index is 13.4. The first-order valence-corrected chi connectivity index (χ1v) is 13.5. The van der Waals surface area contributed by atoms with Gasteiger partial charge in [0.15, 0.2) is 0 Å². The number of aryl methyl sites for hydroxylation is 1. The van der Waals surface area contributed by atoms with Gasteiger partial charge in [-0.05, 0) is 65.7 Å². The van der Waals surface area contributed by atoms with Gasteiger partial charge < -0.3 is 10.1 Å². The largest absolute Gasteiger partial charge is 0.495 e. The first kappa shape index (κ1) is 23.8. The molecule has 1 amide bonds. The summed E-state index contributed by atoms with van der Waals surface area (Å²) in [5.74, 6) is 0.0797. The molecule has 0 atom stereocenters. The lowest BCUT2D eigenvalue weighted by atomic mass is 10.1. The fourth-order valence-electron chi connectivity index (χ4n) is 4.13. The average Bonchev–Trinajstić information content (AvgIpc) is 3.32. The first-order valence-electron chi connectivity index (χ1n) is 11.2. The standard InChI is InChI=1S/C28H24N2O4S2/c1-18-11-13-24(34-3)27(15-18)36(32,33)30(2)21-12-14-25-20(16-21)17-26(35-25)28(31)29-23-10-6-8-19-7-4-5-9-22(19)23/h4-17H,1-3H3,(H,29,31). The number of benzene rings is 4. The van der Waals surface area contributed by atoms with E-state index in [1.807, 2.05) is 55.5 Å². The summed E-state index contributed by atoms with van der Waals surface area (Å²) in [6.45, 7) is 1.83. The number of hydrogen-bond donors (Lipinski definition) is 1. The van der Waals surface area contributed by atoms with Gasteiger partial charge in [0, 0.05) is 22.8 Å². The zero-order valence-electron chi connectivity index (χ0n) is 20.0. The van der Waals surface area contributed by atoms with Crippen molar-refractivity contribution >= 4 is 59.5 Å². The number of thiophene rings is 1. The van der Waals surface area contributed by atoms with Gasteiger partial charge in [0.1, 0.15) is 10.6 Å². The molecule has 1 aromatic heterocycles. The zero-order valence-corrected chi connectivity index (χ0v) is 21.6. The SMILES string of the molecule is COc1ccc(C)cc1S(=O)(=O)N(C)c1ccc2sc(C(=O)Nc3cccc4ccccc34)cc2c1. The number of carbonyl (C=O) groups is 1. The number of sulfonamides is 1. The van der Waals surface area contributed by atoms with E-state index in [0.717, 1.165) is 32.1 Å². The van der Waals surface area contributed by atoms with Crippen LogP contribution in [0.1, 0.15) is 15.2 Å². The van der Waals surface area contributed by atoms with Crippen LogP contribution in [0.5, 0.6) is 5.75 Å². The van der Waals surface area contributed by atoms with Crippen molar-refractivity contribution in [1.82, 2.24) is 0 Å².